The van der Waals surface area contributed by atoms with Gasteiger partial charge in [-0.05, 0) is 44.0 Å². The van der Waals surface area contributed by atoms with E-state index in [2.05, 4.69) is 25.0 Å². The van der Waals surface area contributed by atoms with E-state index in [-0.39, 0.29) is 5.56 Å². The molecule has 1 aliphatic heterocycles. The monoisotopic (exact) mass is 324 g/mol. The molecule has 4 heterocycles. The van der Waals surface area contributed by atoms with Crippen LogP contribution in [0.25, 0.3) is 16.7 Å². The molecule has 3 aromatic heterocycles. The Morgan fingerprint density at radius 3 is 2.92 bits per heavy atom. The van der Waals surface area contributed by atoms with E-state index < -0.39 is 0 Å². The lowest BCUT2D eigenvalue weighted by Crippen LogP contribution is -2.31. The van der Waals surface area contributed by atoms with Gasteiger partial charge < -0.3 is 9.88 Å². The highest BCUT2D eigenvalue weighted by Gasteiger charge is 2.12. The smallest absolute Gasteiger partial charge is 0.258 e. The van der Waals surface area contributed by atoms with Crippen molar-refractivity contribution in [3.8, 4) is 5.82 Å². The number of fused-ring (bicyclic) bond motifs is 1. The van der Waals surface area contributed by atoms with E-state index in [1.807, 2.05) is 12.4 Å². The van der Waals surface area contributed by atoms with Crippen LogP contribution in [0.15, 0.2) is 35.8 Å². The summed E-state index contributed by atoms with van der Waals surface area (Å²) in [5.74, 6) is 0.586. The van der Waals surface area contributed by atoms with E-state index in [4.69, 9.17) is 0 Å². The van der Waals surface area contributed by atoms with Gasteiger partial charge in [-0.15, -0.1) is 0 Å². The van der Waals surface area contributed by atoms with Crippen LogP contribution in [0, 0.1) is 0 Å². The molecule has 0 aromatic carbocycles. The number of aromatic nitrogens is 5. The first-order valence-electron chi connectivity index (χ1n) is 8.40. The summed E-state index contributed by atoms with van der Waals surface area (Å²) in [5.41, 5.74) is 1.57. The second-order valence-electron chi connectivity index (χ2n) is 6.21. The average molecular weight is 324 g/mol. The molecule has 0 bridgehead atoms. The minimum Gasteiger partial charge on any atom is -0.313 e. The van der Waals surface area contributed by atoms with Crippen molar-refractivity contribution in [2.75, 3.05) is 19.6 Å². The maximum Gasteiger partial charge on any atom is 0.258 e. The predicted octanol–water partition coefficient (Wildman–Crippen LogP) is 1.53. The largest absolute Gasteiger partial charge is 0.313 e. The van der Waals surface area contributed by atoms with Gasteiger partial charge in [-0.25, -0.2) is 14.6 Å². The van der Waals surface area contributed by atoms with Gasteiger partial charge in [-0.2, -0.15) is 5.10 Å². The van der Waals surface area contributed by atoms with Crippen LogP contribution in [0.5, 0.6) is 0 Å². The summed E-state index contributed by atoms with van der Waals surface area (Å²) in [4.78, 5) is 25.6. The molecule has 4 rings (SSSR count). The molecular weight excluding hydrogens is 304 g/mol. The zero-order valence-electron chi connectivity index (χ0n) is 13.5. The zero-order chi connectivity index (χ0) is 16.4. The summed E-state index contributed by atoms with van der Waals surface area (Å²) in [7, 11) is 0. The highest BCUT2D eigenvalue weighted by molar-refractivity contribution is 5.83. The maximum absolute atomic E-state index is 11.9. The van der Waals surface area contributed by atoms with Crippen LogP contribution in [0.1, 0.15) is 24.8 Å². The lowest BCUT2D eigenvalue weighted by molar-refractivity contribution is 0.231. The molecule has 1 N–H and O–H groups in total. The first kappa shape index (κ1) is 15.0. The van der Waals surface area contributed by atoms with E-state index in [9.17, 15) is 4.79 Å². The quantitative estimate of drug-likeness (QED) is 0.787. The Bertz CT molecular complexity index is 893. The SMILES string of the molecule is O=c1[nH]cnc2c(-n3cc(CCN4CCCCC4)cn3)nccc12. The van der Waals surface area contributed by atoms with Gasteiger partial charge in [0.15, 0.2) is 5.82 Å². The van der Waals surface area contributed by atoms with E-state index in [0.29, 0.717) is 16.7 Å². The van der Waals surface area contributed by atoms with Gasteiger partial charge in [0, 0.05) is 18.9 Å². The number of aromatic amines is 1. The molecule has 24 heavy (non-hydrogen) atoms. The topological polar surface area (TPSA) is 79.7 Å². The number of H-pyrrole nitrogens is 1. The van der Waals surface area contributed by atoms with Crippen molar-refractivity contribution in [2.24, 2.45) is 0 Å². The molecular formula is C17H20N6O. The Hall–Kier alpha value is -2.54. The number of hydrogen-bond donors (Lipinski definition) is 1. The van der Waals surface area contributed by atoms with Gasteiger partial charge in [0.05, 0.1) is 17.9 Å². The Kier molecular flexibility index (Phi) is 4.08. The van der Waals surface area contributed by atoms with Gasteiger partial charge >= 0.3 is 0 Å². The van der Waals surface area contributed by atoms with E-state index in [1.54, 1.807) is 16.9 Å². The lowest BCUT2D eigenvalue weighted by atomic mass is 10.1. The van der Waals surface area contributed by atoms with Gasteiger partial charge in [0.2, 0.25) is 0 Å². The molecule has 0 atom stereocenters. The van der Waals surface area contributed by atoms with Crippen molar-refractivity contribution in [3.05, 3.63) is 46.9 Å². The number of likely N-dealkylation sites (tertiary alicyclic amines) is 1. The first-order chi connectivity index (χ1) is 11.8. The van der Waals surface area contributed by atoms with E-state index in [0.717, 1.165) is 13.0 Å². The van der Waals surface area contributed by atoms with Crippen LogP contribution in [-0.4, -0.2) is 49.3 Å². The number of piperidine rings is 1. The molecule has 0 unspecified atom stereocenters. The second kappa shape index (κ2) is 6.52. The second-order valence-corrected chi connectivity index (χ2v) is 6.21. The molecule has 0 spiro atoms. The molecule has 1 aliphatic rings. The van der Waals surface area contributed by atoms with Crippen molar-refractivity contribution in [1.82, 2.24) is 29.6 Å². The summed E-state index contributed by atoms with van der Waals surface area (Å²) in [5, 5.41) is 4.93. The van der Waals surface area contributed by atoms with E-state index >= 15 is 0 Å². The standard InChI is InChI=1S/C17H20N6O/c24-17-14-4-6-18-16(15(14)19-12-20-17)23-11-13(10-21-23)5-9-22-7-2-1-3-8-22/h4,6,10-12H,1-3,5,7-9H2,(H,19,20,24). The summed E-state index contributed by atoms with van der Waals surface area (Å²) >= 11 is 0. The molecule has 7 heteroatoms. The fourth-order valence-electron chi connectivity index (χ4n) is 3.23. The molecule has 124 valence electrons. The Labute approximate surface area is 139 Å². The molecule has 0 amide bonds. The first-order valence-corrected chi connectivity index (χ1v) is 8.40. The highest BCUT2D eigenvalue weighted by atomic mass is 16.1. The third kappa shape index (κ3) is 2.94. The Morgan fingerprint density at radius 1 is 1.17 bits per heavy atom. The molecule has 7 nitrogen and oxygen atoms in total. The Morgan fingerprint density at radius 2 is 2.04 bits per heavy atom. The summed E-state index contributed by atoms with van der Waals surface area (Å²) in [6, 6.07) is 1.67. The maximum atomic E-state index is 11.9. The van der Waals surface area contributed by atoms with Crippen LogP contribution in [-0.2, 0) is 6.42 Å². The summed E-state index contributed by atoms with van der Waals surface area (Å²) in [6.07, 6.45) is 11.8. The van der Waals surface area contributed by atoms with Crippen molar-refractivity contribution in [3.63, 3.8) is 0 Å². The van der Waals surface area contributed by atoms with Gasteiger partial charge in [-0.1, -0.05) is 6.42 Å². The van der Waals surface area contributed by atoms with Gasteiger partial charge in [0.1, 0.15) is 5.52 Å². The van der Waals surface area contributed by atoms with Gasteiger partial charge in [-0.3, -0.25) is 4.79 Å². The van der Waals surface area contributed by atoms with Crippen LogP contribution in [0.4, 0.5) is 0 Å². The van der Waals surface area contributed by atoms with Crippen molar-refractivity contribution >= 4 is 10.9 Å². The van der Waals surface area contributed by atoms with Crippen LogP contribution < -0.4 is 5.56 Å². The van der Waals surface area contributed by atoms with Crippen LogP contribution in [0.3, 0.4) is 0 Å². The van der Waals surface area contributed by atoms with E-state index in [1.165, 1.54) is 44.2 Å². The molecule has 0 aliphatic carbocycles. The number of pyridine rings is 1. The molecule has 0 saturated carbocycles. The molecule has 1 fully saturated rings. The summed E-state index contributed by atoms with van der Waals surface area (Å²) < 4.78 is 1.71. The van der Waals surface area contributed by atoms with Crippen molar-refractivity contribution < 1.29 is 0 Å². The Balaban J connectivity index is 1.56. The fourth-order valence-corrected chi connectivity index (χ4v) is 3.23. The van der Waals surface area contributed by atoms with Crippen molar-refractivity contribution in [2.45, 2.75) is 25.7 Å². The molecule has 1 saturated heterocycles. The lowest BCUT2D eigenvalue weighted by Gasteiger charge is -2.25. The zero-order valence-corrected chi connectivity index (χ0v) is 13.5. The minimum atomic E-state index is -0.166. The normalized spacial score (nSPS) is 15.8. The van der Waals surface area contributed by atoms with Crippen LogP contribution in [0.2, 0.25) is 0 Å². The number of nitrogens with one attached hydrogen (secondary N) is 1. The van der Waals surface area contributed by atoms with Crippen LogP contribution >= 0.6 is 0 Å². The number of hydrogen-bond acceptors (Lipinski definition) is 5. The van der Waals surface area contributed by atoms with Crippen molar-refractivity contribution in [1.29, 1.82) is 0 Å². The predicted molar refractivity (Wildman–Crippen MR) is 91.3 cm³/mol. The molecule has 0 radical (unpaired) electrons. The number of rotatable bonds is 4. The third-order valence-electron chi connectivity index (χ3n) is 4.56. The minimum absolute atomic E-state index is 0.166. The summed E-state index contributed by atoms with van der Waals surface area (Å²) in [6.45, 7) is 3.46. The third-order valence-corrected chi connectivity index (χ3v) is 4.56. The fraction of sp³-hybridized carbons (Fsp3) is 0.412. The number of nitrogens with zero attached hydrogens (tertiary/aromatic N) is 5. The highest BCUT2D eigenvalue weighted by Crippen LogP contribution is 2.15. The average Bonchev–Trinajstić information content (AvgIpc) is 3.10. The van der Waals surface area contributed by atoms with Gasteiger partial charge in [0.25, 0.3) is 5.56 Å². The molecule has 3 aromatic rings.